The summed E-state index contributed by atoms with van der Waals surface area (Å²) in [6, 6.07) is 2.88. The van der Waals surface area contributed by atoms with E-state index in [-0.39, 0.29) is 5.82 Å². The van der Waals surface area contributed by atoms with Gasteiger partial charge in [-0.15, -0.1) is 0 Å². The fourth-order valence-electron chi connectivity index (χ4n) is 1.14. The number of aromatic nitrogens is 3. The van der Waals surface area contributed by atoms with E-state index in [1.807, 2.05) is 0 Å². The van der Waals surface area contributed by atoms with E-state index in [2.05, 4.69) is 30.9 Å². The van der Waals surface area contributed by atoms with E-state index in [1.54, 1.807) is 6.07 Å². The van der Waals surface area contributed by atoms with Crippen LogP contribution in [0.15, 0.2) is 29.1 Å². The van der Waals surface area contributed by atoms with Crippen molar-refractivity contribution in [2.75, 3.05) is 5.73 Å². The minimum atomic E-state index is -0.575. The van der Waals surface area contributed by atoms with Crippen LogP contribution in [0.3, 0.4) is 0 Å². The third-order valence-corrected chi connectivity index (χ3v) is 2.15. The van der Waals surface area contributed by atoms with Crippen molar-refractivity contribution in [1.29, 1.82) is 0 Å². The second kappa shape index (κ2) is 3.90. The van der Waals surface area contributed by atoms with Gasteiger partial charge in [0.15, 0.2) is 0 Å². The van der Waals surface area contributed by atoms with Gasteiger partial charge >= 0.3 is 0 Å². The summed E-state index contributed by atoms with van der Waals surface area (Å²) in [5.74, 6) is -0.322. The smallest absolute Gasteiger partial charge is 0.213 e. The lowest BCUT2D eigenvalue weighted by Gasteiger charge is -2.03. The summed E-state index contributed by atoms with van der Waals surface area (Å²) in [4.78, 5) is 11.5. The second-order valence-electron chi connectivity index (χ2n) is 2.79. The molecule has 2 rings (SSSR count). The molecule has 0 saturated heterocycles. The highest BCUT2D eigenvalue weighted by atomic mass is 79.9. The lowest BCUT2D eigenvalue weighted by Crippen LogP contribution is -1.97. The Morgan fingerprint density at radius 2 is 2.13 bits per heavy atom. The molecule has 2 N–H and O–H groups in total. The molecule has 0 radical (unpaired) electrons. The molecule has 2 heterocycles. The number of halogens is 2. The maximum Gasteiger partial charge on any atom is 0.213 e. The highest BCUT2D eigenvalue weighted by Crippen LogP contribution is 2.23. The van der Waals surface area contributed by atoms with Crippen LogP contribution in [0.5, 0.6) is 0 Å². The molecule has 0 aliphatic carbocycles. The Balaban J connectivity index is 2.58. The van der Waals surface area contributed by atoms with Gasteiger partial charge in [0, 0.05) is 17.8 Å². The standard InChI is InChI=1S/C9H6BrFN4/c10-6-4-14-9(12)8(15-6)5-1-2-13-7(11)3-5/h1-4H,(H2,12,14). The molecule has 0 aliphatic rings. The van der Waals surface area contributed by atoms with E-state index >= 15 is 0 Å². The molecule has 0 spiro atoms. The van der Waals surface area contributed by atoms with E-state index in [0.29, 0.717) is 15.9 Å². The molecule has 0 unspecified atom stereocenters. The fraction of sp³-hybridized carbons (Fsp3) is 0. The van der Waals surface area contributed by atoms with E-state index in [1.165, 1.54) is 18.5 Å². The van der Waals surface area contributed by atoms with E-state index in [4.69, 9.17) is 5.73 Å². The van der Waals surface area contributed by atoms with Crippen molar-refractivity contribution in [3.8, 4) is 11.3 Å². The SMILES string of the molecule is Nc1ncc(Br)nc1-c1ccnc(F)c1. The van der Waals surface area contributed by atoms with Gasteiger partial charge in [-0.2, -0.15) is 4.39 Å². The number of nitrogens with zero attached hydrogens (tertiary/aromatic N) is 3. The molecule has 0 fully saturated rings. The monoisotopic (exact) mass is 268 g/mol. The zero-order chi connectivity index (χ0) is 10.8. The first-order chi connectivity index (χ1) is 7.16. The van der Waals surface area contributed by atoms with Crippen molar-refractivity contribution in [1.82, 2.24) is 15.0 Å². The van der Waals surface area contributed by atoms with E-state index in [0.717, 1.165) is 0 Å². The molecule has 4 nitrogen and oxygen atoms in total. The van der Waals surface area contributed by atoms with Crippen LogP contribution in [-0.2, 0) is 0 Å². The summed E-state index contributed by atoms with van der Waals surface area (Å²) in [7, 11) is 0. The number of hydrogen-bond donors (Lipinski definition) is 1. The molecule has 0 atom stereocenters. The van der Waals surface area contributed by atoms with Crippen LogP contribution in [0, 0.1) is 5.95 Å². The number of nitrogen functional groups attached to an aromatic ring is 1. The average Bonchev–Trinajstić information content (AvgIpc) is 2.22. The van der Waals surface area contributed by atoms with Crippen molar-refractivity contribution in [3.05, 3.63) is 35.1 Å². The minimum absolute atomic E-state index is 0.254. The van der Waals surface area contributed by atoms with Crippen molar-refractivity contribution in [3.63, 3.8) is 0 Å². The normalized spacial score (nSPS) is 10.3. The van der Waals surface area contributed by atoms with Gasteiger partial charge in [0.2, 0.25) is 5.95 Å². The second-order valence-corrected chi connectivity index (χ2v) is 3.61. The summed E-state index contributed by atoms with van der Waals surface area (Å²) in [6.45, 7) is 0. The number of pyridine rings is 1. The summed E-state index contributed by atoms with van der Waals surface area (Å²) < 4.78 is 13.4. The minimum Gasteiger partial charge on any atom is -0.382 e. The fourth-order valence-corrected chi connectivity index (χ4v) is 1.42. The van der Waals surface area contributed by atoms with Gasteiger partial charge in [0.05, 0.1) is 6.20 Å². The van der Waals surface area contributed by atoms with Crippen LogP contribution in [0.2, 0.25) is 0 Å². The first kappa shape index (κ1) is 9.97. The van der Waals surface area contributed by atoms with Gasteiger partial charge in [-0.1, -0.05) is 0 Å². The molecular formula is C9H6BrFN4. The van der Waals surface area contributed by atoms with Crippen LogP contribution in [0.4, 0.5) is 10.2 Å². The van der Waals surface area contributed by atoms with Crippen molar-refractivity contribution >= 4 is 21.7 Å². The average molecular weight is 269 g/mol. The highest BCUT2D eigenvalue weighted by Gasteiger charge is 2.07. The molecule has 2 aromatic heterocycles. The van der Waals surface area contributed by atoms with Crippen LogP contribution in [-0.4, -0.2) is 15.0 Å². The number of anilines is 1. The van der Waals surface area contributed by atoms with Gasteiger partial charge in [-0.25, -0.2) is 15.0 Å². The van der Waals surface area contributed by atoms with Crippen LogP contribution < -0.4 is 5.73 Å². The summed E-state index contributed by atoms with van der Waals surface area (Å²) >= 11 is 3.17. The van der Waals surface area contributed by atoms with Gasteiger partial charge in [-0.05, 0) is 22.0 Å². The zero-order valence-electron chi connectivity index (χ0n) is 7.48. The predicted octanol–water partition coefficient (Wildman–Crippen LogP) is 2.02. The Morgan fingerprint density at radius 3 is 2.87 bits per heavy atom. The topological polar surface area (TPSA) is 64.7 Å². The Bertz CT molecular complexity index is 503. The van der Waals surface area contributed by atoms with Crippen LogP contribution in [0.1, 0.15) is 0 Å². The maximum atomic E-state index is 12.9. The molecule has 0 aromatic carbocycles. The highest BCUT2D eigenvalue weighted by molar-refractivity contribution is 9.10. The molecule has 76 valence electrons. The molecule has 0 amide bonds. The van der Waals surface area contributed by atoms with Gasteiger partial charge in [-0.3, -0.25) is 0 Å². The summed E-state index contributed by atoms with van der Waals surface area (Å²) in [5, 5.41) is 0. The predicted molar refractivity (Wildman–Crippen MR) is 57.3 cm³/mol. The first-order valence-corrected chi connectivity index (χ1v) is 4.86. The quantitative estimate of drug-likeness (QED) is 0.804. The Hall–Kier alpha value is -1.56. The Morgan fingerprint density at radius 1 is 1.33 bits per heavy atom. The third kappa shape index (κ3) is 2.10. The van der Waals surface area contributed by atoms with E-state index < -0.39 is 5.95 Å². The molecule has 0 bridgehead atoms. The number of rotatable bonds is 1. The Labute approximate surface area is 93.5 Å². The molecule has 0 aliphatic heterocycles. The van der Waals surface area contributed by atoms with Crippen molar-refractivity contribution < 1.29 is 4.39 Å². The Kier molecular flexibility index (Phi) is 2.59. The molecule has 15 heavy (non-hydrogen) atoms. The van der Waals surface area contributed by atoms with Gasteiger partial charge in [0.1, 0.15) is 16.1 Å². The lowest BCUT2D eigenvalue weighted by molar-refractivity contribution is 0.584. The summed E-state index contributed by atoms with van der Waals surface area (Å²) in [5.41, 5.74) is 6.62. The number of nitrogens with two attached hydrogens (primary N) is 1. The molecule has 6 heteroatoms. The zero-order valence-corrected chi connectivity index (χ0v) is 9.07. The molecular weight excluding hydrogens is 263 g/mol. The van der Waals surface area contributed by atoms with Crippen LogP contribution >= 0.6 is 15.9 Å². The first-order valence-electron chi connectivity index (χ1n) is 4.07. The van der Waals surface area contributed by atoms with E-state index in [9.17, 15) is 4.39 Å². The maximum absolute atomic E-state index is 12.9. The van der Waals surface area contributed by atoms with Gasteiger partial charge < -0.3 is 5.73 Å². The molecule has 2 aromatic rings. The summed E-state index contributed by atoms with van der Waals surface area (Å²) in [6.07, 6.45) is 2.84. The van der Waals surface area contributed by atoms with Gasteiger partial charge in [0.25, 0.3) is 0 Å². The van der Waals surface area contributed by atoms with Crippen molar-refractivity contribution in [2.24, 2.45) is 0 Å². The van der Waals surface area contributed by atoms with Crippen LogP contribution in [0.25, 0.3) is 11.3 Å². The number of hydrogen-bond acceptors (Lipinski definition) is 4. The lowest BCUT2D eigenvalue weighted by atomic mass is 10.2. The third-order valence-electron chi connectivity index (χ3n) is 1.77. The largest absolute Gasteiger partial charge is 0.382 e. The molecule has 0 saturated carbocycles. The van der Waals surface area contributed by atoms with Crippen molar-refractivity contribution in [2.45, 2.75) is 0 Å².